The van der Waals surface area contributed by atoms with E-state index in [0.717, 1.165) is 18.4 Å². The molecule has 0 saturated heterocycles. The topological polar surface area (TPSA) is 95.1 Å². The van der Waals surface area contributed by atoms with Crippen LogP contribution in [0, 0.1) is 0 Å². The molecule has 0 radical (unpaired) electrons. The van der Waals surface area contributed by atoms with E-state index in [9.17, 15) is 4.79 Å². The third-order valence-corrected chi connectivity index (χ3v) is 5.02. The smallest absolute Gasteiger partial charge is 0.266 e. The lowest BCUT2D eigenvalue weighted by atomic mass is 10.1. The number of anilines is 1. The van der Waals surface area contributed by atoms with E-state index in [0.29, 0.717) is 46.2 Å². The second-order valence-electron chi connectivity index (χ2n) is 6.81. The summed E-state index contributed by atoms with van der Waals surface area (Å²) >= 11 is 6.01. The van der Waals surface area contributed by atoms with E-state index in [1.807, 2.05) is 6.07 Å². The number of aryl methyl sites for hydroxylation is 1. The van der Waals surface area contributed by atoms with Crippen LogP contribution >= 0.6 is 11.6 Å². The summed E-state index contributed by atoms with van der Waals surface area (Å²) in [6, 6.07) is 5.34. The molecule has 1 unspecified atom stereocenters. The summed E-state index contributed by atoms with van der Waals surface area (Å²) in [5.41, 5.74) is 1.50. The highest BCUT2D eigenvalue weighted by molar-refractivity contribution is 6.30. The Kier molecular flexibility index (Phi) is 3.68. The number of nitrogens with one attached hydrogen (secondary N) is 1. The first-order valence-corrected chi connectivity index (χ1v) is 9.08. The van der Waals surface area contributed by atoms with Gasteiger partial charge in [-0.05, 0) is 36.6 Å². The van der Waals surface area contributed by atoms with E-state index in [1.165, 1.54) is 0 Å². The van der Waals surface area contributed by atoms with Crippen LogP contribution < -0.4 is 10.1 Å². The molecule has 1 fully saturated rings. The van der Waals surface area contributed by atoms with Crippen LogP contribution in [-0.2, 0) is 18.3 Å². The van der Waals surface area contributed by atoms with Crippen LogP contribution in [0.3, 0.4) is 0 Å². The molecule has 9 heteroatoms. The number of benzene rings is 1. The van der Waals surface area contributed by atoms with E-state index in [1.54, 1.807) is 30.1 Å². The van der Waals surface area contributed by atoms with Gasteiger partial charge in [-0.2, -0.15) is 10.1 Å². The van der Waals surface area contributed by atoms with Crippen molar-refractivity contribution >= 4 is 23.3 Å². The summed E-state index contributed by atoms with van der Waals surface area (Å²) in [5, 5.41) is 11.7. The number of aromatic nitrogens is 4. The molecule has 0 bridgehead atoms. The normalized spacial score (nSPS) is 18.2. The van der Waals surface area contributed by atoms with Gasteiger partial charge in [0.25, 0.3) is 11.8 Å². The molecule has 2 aliphatic rings. The molecule has 8 nitrogen and oxygen atoms in total. The number of halogens is 1. The first kappa shape index (κ1) is 16.3. The molecule has 3 aromatic rings. The number of carbonyl (C=O) groups excluding carboxylic acids is 1. The molecule has 1 saturated carbocycles. The van der Waals surface area contributed by atoms with Gasteiger partial charge in [0.1, 0.15) is 17.1 Å². The van der Waals surface area contributed by atoms with Crippen LogP contribution in [0.1, 0.15) is 30.1 Å². The fraction of sp³-hybridized carbons (Fsp3) is 0.333. The molecule has 27 heavy (non-hydrogen) atoms. The molecule has 3 heterocycles. The molecule has 2 aromatic heterocycles. The third-order valence-electron chi connectivity index (χ3n) is 4.78. The predicted octanol–water partition coefficient (Wildman–Crippen LogP) is 2.94. The summed E-state index contributed by atoms with van der Waals surface area (Å²) in [6.45, 7) is 0. The molecular formula is C18H16ClN5O3. The summed E-state index contributed by atoms with van der Waals surface area (Å²) in [4.78, 5) is 17.2. The molecule has 1 N–H and O–H groups in total. The summed E-state index contributed by atoms with van der Waals surface area (Å²) < 4.78 is 12.7. The SMILES string of the molecule is Cn1ncc(-c2nc(C3CC3)no2)c1NC(=O)C1Cc2cc(Cl)ccc2O1. The number of nitrogens with zero attached hydrogens (tertiary/aromatic N) is 4. The Labute approximate surface area is 159 Å². The summed E-state index contributed by atoms with van der Waals surface area (Å²) in [7, 11) is 1.74. The van der Waals surface area contributed by atoms with Gasteiger partial charge < -0.3 is 14.6 Å². The standard InChI is InChI=1S/C18H16ClN5O3/c1-24-16(12(8-20-24)18-21-15(23-27-18)9-2-3-9)22-17(25)14-7-10-6-11(19)4-5-13(10)26-14/h4-6,8-9,14H,2-3,7H2,1H3,(H,22,25). The molecule has 5 rings (SSSR count). The first-order chi connectivity index (χ1) is 13.1. The summed E-state index contributed by atoms with van der Waals surface area (Å²) in [6.07, 6.45) is 3.59. The second kappa shape index (κ2) is 6.09. The van der Waals surface area contributed by atoms with Crippen LogP contribution in [0.5, 0.6) is 5.75 Å². The lowest BCUT2D eigenvalue weighted by molar-refractivity contribution is -0.122. The van der Waals surface area contributed by atoms with E-state index in [4.69, 9.17) is 20.9 Å². The second-order valence-corrected chi connectivity index (χ2v) is 7.25. The maximum Gasteiger partial charge on any atom is 0.266 e. The fourth-order valence-corrected chi connectivity index (χ4v) is 3.35. The molecular weight excluding hydrogens is 370 g/mol. The maximum atomic E-state index is 12.7. The van der Waals surface area contributed by atoms with Gasteiger partial charge in [0.2, 0.25) is 0 Å². The molecule has 1 atom stereocenters. The van der Waals surface area contributed by atoms with Crippen molar-refractivity contribution in [3.63, 3.8) is 0 Å². The van der Waals surface area contributed by atoms with E-state index < -0.39 is 6.10 Å². The minimum atomic E-state index is -0.633. The monoisotopic (exact) mass is 385 g/mol. The van der Waals surface area contributed by atoms with Crippen molar-refractivity contribution in [2.75, 3.05) is 5.32 Å². The number of amides is 1. The van der Waals surface area contributed by atoms with Crippen molar-refractivity contribution in [1.82, 2.24) is 19.9 Å². The average molecular weight is 386 g/mol. The zero-order valence-electron chi connectivity index (χ0n) is 14.5. The highest BCUT2D eigenvalue weighted by atomic mass is 35.5. The van der Waals surface area contributed by atoms with Gasteiger partial charge in [0.05, 0.1) is 6.20 Å². The lowest BCUT2D eigenvalue weighted by Gasteiger charge is -2.12. The number of hydrogen-bond acceptors (Lipinski definition) is 6. The molecule has 0 spiro atoms. The number of fused-ring (bicyclic) bond motifs is 1. The zero-order valence-corrected chi connectivity index (χ0v) is 15.2. The van der Waals surface area contributed by atoms with Crippen molar-refractivity contribution in [1.29, 1.82) is 0 Å². The third kappa shape index (κ3) is 2.95. The first-order valence-electron chi connectivity index (χ1n) is 8.70. The van der Waals surface area contributed by atoms with Crippen LogP contribution in [0.2, 0.25) is 5.02 Å². The zero-order chi connectivity index (χ0) is 18.5. The van der Waals surface area contributed by atoms with Gasteiger partial charge in [0.15, 0.2) is 11.9 Å². The largest absolute Gasteiger partial charge is 0.480 e. The highest BCUT2D eigenvalue weighted by Gasteiger charge is 2.32. The fourth-order valence-electron chi connectivity index (χ4n) is 3.15. The van der Waals surface area contributed by atoms with Crippen LogP contribution in [0.4, 0.5) is 5.82 Å². The van der Waals surface area contributed by atoms with Crippen molar-refractivity contribution < 1.29 is 14.1 Å². The van der Waals surface area contributed by atoms with Gasteiger partial charge in [-0.3, -0.25) is 9.48 Å². The Morgan fingerprint density at radius 2 is 2.22 bits per heavy atom. The van der Waals surface area contributed by atoms with Crippen molar-refractivity contribution in [3.8, 4) is 17.2 Å². The van der Waals surface area contributed by atoms with Crippen molar-refractivity contribution in [2.24, 2.45) is 7.05 Å². The number of hydrogen-bond donors (Lipinski definition) is 1. The average Bonchev–Trinajstić information content (AvgIpc) is 3.07. The highest BCUT2D eigenvalue weighted by Crippen LogP contribution is 2.39. The molecule has 1 aromatic carbocycles. The molecule has 1 aliphatic heterocycles. The Bertz CT molecular complexity index is 1040. The van der Waals surface area contributed by atoms with Gasteiger partial charge >= 0.3 is 0 Å². The summed E-state index contributed by atoms with van der Waals surface area (Å²) in [5.74, 6) is 2.34. The lowest BCUT2D eigenvalue weighted by Crippen LogP contribution is -2.32. The van der Waals surface area contributed by atoms with Gasteiger partial charge in [-0.15, -0.1) is 0 Å². The van der Waals surface area contributed by atoms with Crippen molar-refractivity contribution in [2.45, 2.75) is 31.3 Å². The van der Waals surface area contributed by atoms with Gasteiger partial charge in [0, 0.05) is 24.4 Å². The quantitative estimate of drug-likeness (QED) is 0.741. The molecule has 1 amide bonds. The maximum absolute atomic E-state index is 12.7. The predicted molar refractivity (Wildman–Crippen MR) is 96.7 cm³/mol. The van der Waals surface area contributed by atoms with Gasteiger partial charge in [-0.25, -0.2) is 0 Å². The van der Waals surface area contributed by atoms with Crippen molar-refractivity contribution in [3.05, 3.63) is 40.8 Å². The van der Waals surface area contributed by atoms with E-state index in [2.05, 4.69) is 20.6 Å². The van der Waals surface area contributed by atoms with E-state index in [-0.39, 0.29) is 5.91 Å². The number of ether oxygens (including phenoxy) is 1. The van der Waals surface area contributed by atoms with Crippen LogP contribution in [-0.4, -0.2) is 31.9 Å². The molecule has 138 valence electrons. The van der Waals surface area contributed by atoms with Gasteiger partial charge in [-0.1, -0.05) is 16.8 Å². The minimum Gasteiger partial charge on any atom is -0.480 e. The minimum absolute atomic E-state index is 0.269. The number of carbonyl (C=O) groups is 1. The Morgan fingerprint density at radius 1 is 1.37 bits per heavy atom. The Balaban J connectivity index is 1.36. The Morgan fingerprint density at radius 3 is 3.04 bits per heavy atom. The molecule has 1 aliphatic carbocycles. The van der Waals surface area contributed by atoms with Crippen LogP contribution in [0.15, 0.2) is 28.9 Å². The number of rotatable bonds is 4. The van der Waals surface area contributed by atoms with Crippen LogP contribution in [0.25, 0.3) is 11.5 Å². The Hall–Kier alpha value is -2.87. The van der Waals surface area contributed by atoms with E-state index >= 15 is 0 Å².